The summed E-state index contributed by atoms with van der Waals surface area (Å²) in [6, 6.07) is -1.53. The average molecular weight is 268 g/mol. The monoisotopic (exact) mass is 268 g/mol. The fraction of sp³-hybridized carbons (Fsp3) is 0.583. The lowest BCUT2D eigenvalue weighted by Gasteiger charge is -2.27. The molecule has 0 saturated heterocycles. The van der Waals surface area contributed by atoms with Crippen LogP contribution < -0.4 is 10.6 Å². The molecular formula is C12H20N4O3. The van der Waals surface area contributed by atoms with Gasteiger partial charge in [-0.15, -0.1) is 0 Å². The van der Waals surface area contributed by atoms with Crippen molar-refractivity contribution in [2.24, 2.45) is 5.41 Å². The Bertz CT molecular complexity index is 468. The molecule has 1 aromatic rings. The van der Waals surface area contributed by atoms with E-state index in [1.54, 1.807) is 34.6 Å². The molecule has 1 atom stereocenters. The zero-order valence-electron chi connectivity index (χ0n) is 11.8. The van der Waals surface area contributed by atoms with E-state index < -0.39 is 23.5 Å². The van der Waals surface area contributed by atoms with Crippen LogP contribution in [0.5, 0.6) is 0 Å². The van der Waals surface area contributed by atoms with Crippen molar-refractivity contribution in [3.8, 4) is 0 Å². The van der Waals surface area contributed by atoms with E-state index in [4.69, 9.17) is 5.11 Å². The van der Waals surface area contributed by atoms with Crippen molar-refractivity contribution in [1.82, 2.24) is 15.5 Å². The number of hydrogen-bond donors (Lipinski definition) is 4. The van der Waals surface area contributed by atoms with Gasteiger partial charge in [0, 0.05) is 0 Å². The maximum absolute atomic E-state index is 11.8. The third kappa shape index (κ3) is 3.70. The van der Waals surface area contributed by atoms with Gasteiger partial charge in [0.1, 0.15) is 6.04 Å². The zero-order chi connectivity index (χ0) is 14.8. The number of anilines is 1. The van der Waals surface area contributed by atoms with E-state index in [0.717, 1.165) is 5.69 Å². The maximum Gasteiger partial charge on any atom is 0.326 e. The largest absolute Gasteiger partial charge is 0.480 e. The Morgan fingerprint density at radius 1 is 1.32 bits per heavy atom. The summed E-state index contributed by atoms with van der Waals surface area (Å²) in [6.07, 6.45) is 0. The predicted octanol–water partition coefficient (Wildman–Crippen LogP) is 1.65. The number of hydrogen-bond acceptors (Lipinski definition) is 3. The highest BCUT2D eigenvalue weighted by atomic mass is 16.4. The van der Waals surface area contributed by atoms with Crippen molar-refractivity contribution in [2.45, 2.75) is 40.7 Å². The van der Waals surface area contributed by atoms with Crippen LogP contribution in [-0.4, -0.2) is 33.3 Å². The molecule has 1 rings (SSSR count). The van der Waals surface area contributed by atoms with Gasteiger partial charge >= 0.3 is 12.0 Å². The maximum atomic E-state index is 11.8. The number of aromatic nitrogens is 2. The Labute approximate surface area is 111 Å². The Morgan fingerprint density at radius 2 is 1.89 bits per heavy atom. The molecule has 7 nitrogen and oxygen atoms in total. The Hall–Kier alpha value is -2.05. The van der Waals surface area contributed by atoms with Gasteiger partial charge in [-0.25, -0.2) is 9.59 Å². The number of nitrogens with one attached hydrogen (secondary N) is 3. The van der Waals surface area contributed by atoms with Gasteiger partial charge < -0.3 is 15.7 Å². The molecule has 1 heterocycles. The summed E-state index contributed by atoms with van der Waals surface area (Å²) < 4.78 is 0. The second-order valence-corrected chi connectivity index (χ2v) is 5.54. The number of aliphatic carboxylic acids is 1. The van der Waals surface area contributed by atoms with Crippen LogP contribution in [0.15, 0.2) is 0 Å². The Kier molecular flexibility index (Phi) is 4.18. The second-order valence-electron chi connectivity index (χ2n) is 5.54. The summed E-state index contributed by atoms with van der Waals surface area (Å²) >= 11 is 0. The molecule has 19 heavy (non-hydrogen) atoms. The second kappa shape index (κ2) is 5.29. The number of H-pyrrole nitrogens is 1. The van der Waals surface area contributed by atoms with Crippen molar-refractivity contribution in [3.63, 3.8) is 0 Å². The van der Waals surface area contributed by atoms with E-state index in [-0.39, 0.29) is 0 Å². The molecule has 0 spiro atoms. The number of aromatic amines is 1. The van der Waals surface area contributed by atoms with Gasteiger partial charge in [-0.3, -0.25) is 5.10 Å². The van der Waals surface area contributed by atoms with Gasteiger partial charge in [0.05, 0.1) is 17.1 Å². The number of carbonyl (C=O) groups excluding carboxylic acids is 1. The van der Waals surface area contributed by atoms with Crippen LogP contribution in [0, 0.1) is 19.3 Å². The van der Waals surface area contributed by atoms with Crippen LogP contribution in [0.1, 0.15) is 32.2 Å². The third-order valence-corrected chi connectivity index (χ3v) is 2.76. The van der Waals surface area contributed by atoms with Crippen molar-refractivity contribution < 1.29 is 14.7 Å². The van der Waals surface area contributed by atoms with Crippen LogP contribution in [-0.2, 0) is 4.79 Å². The van der Waals surface area contributed by atoms with Gasteiger partial charge in [-0.2, -0.15) is 5.10 Å². The number of rotatable bonds is 3. The number of nitrogens with zero attached hydrogens (tertiary/aromatic N) is 1. The first-order chi connectivity index (χ1) is 8.62. The van der Waals surface area contributed by atoms with Crippen LogP contribution in [0.25, 0.3) is 0 Å². The van der Waals surface area contributed by atoms with E-state index in [0.29, 0.717) is 11.4 Å². The normalized spacial score (nSPS) is 12.9. The molecule has 0 aliphatic rings. The van der Waals surface area contributed by atoms with Crippen molar-refractivity contribution in [1.29, 1.82) is 0 Å². The summed E-state index contributed by atoms with van der Waals surface area (Å²) in [5.74, 6) is -1.07. The highest BCUT2D eigenvalue weighted by Crippen LogP contribution is 2.20. The van der Waals surface area contributed by atoms with E-state index in [1.165, 1.54) is 0 Å². The quantitative estimate of drug-likeness (QED) is 0.668. The van der Waals surface area contributed by atoms with E-state index in [2.05, 4.69) is 20.8 Å². The first kappa shape index (κ1) is 15.0. The Balaban J connectivity index is 2.77. The smallest absolute Gasteiger partial charge is 0.326 e. The minimum absolute atomic E-state index is 0.560. The molecule has 0 fully saturated rings. The molecule has 2 amide bonds. The van der Waals surface area contributed by atoms with Crippen LogP contribution in [0.2, 0.25) is 0 Å². The topological polar surface area (TPSA) is 107 Å². The average Bonchev–Trinajstić information content (AvgIpc) is 2.55. The summed E-state index contributed by atoms with van der Waals surface area (Å²) in [5, 5.41) is 20.9. The molecule has 0 radical (unpaired) electrons. The first-order valence-corrected chi connectivity index (χ1v) is 5.95. The highest BCUT2D eigenvalue weighted by molar-refractivity contribution is 5.93. The van der Waals surface area contributed by atoms with Gasteiger partial charge in [-0.05, 0) is 19.3 Å². The van der Waals surface area contributed by atoms with Crippen LogP contribution in [0.3, 0.4) is 0 Å². The first-order valence-electron chi connectivity index (χ1n) is 5.95. The van der Waals surface area contributed by atoms with Crippen molar-refractivity contribution in [3.05, 3.63) is 11.4 Å². The van der Waals surface area contributed by atoms with Crippen LogP contribution >= 0.6 is 0 Å². The highest BCUT2D eigenvalue weighted by Gasteiger charge is 2.32. The SMILES string of the molecule is Cc1n[nH]c(C)c1NC(=O)N[C@@H](C(=O)O)C(C)(C)C. The molecule has 106 valence electrons. The van der Waals surface area contributed by atoms with E-state index in [1.807, 2.05) is 0 Å². The predicted molar refractivity (Wildman–Crippen MR) is 71.1 cm³/mol. The molecule has 0 aromatic carbocycles. The molecule has 1 aromatic heterocycles. The number of carboxylic acid groups (broad SMARTS) is 1. The molecule has 0 bridgehead atoms. The minimum atomic E-state index is -1.07. The summed E-state index contributed by atoms with van der Waals surface area (Å²) in [7, 11) is 0. The van der Waals surface area contributed by atoms with Crippen LogP contribution in [0.4, 0.5) is 10.5 Å². The number of aryl methyl sites for hydroxylation is 2. The number of amides is 2. The lowest BCUT2D eigenvalue weighted by atomic mass is 9.87. The zero-order valence-corrected chi connectivity index (χ0v) is 11.8. The van der Waals surface area contributed by atoms with Crippen molar-refractivity contribution >= 4 is 17.7 Å². The fourth-order valence-electron chi connectivity index (χ4n) is 1.66. The minimum Gasteiger partial charge on any atom is -0.480 e. The van der Waals surface area contributed by atoms with Gasteiger partial charge in [0.15, 0.2) is 0 Å². The molecule has 4 N–H and O–H groups in total. The molecule has 0 aliphatic carbocycles. The van der Waals surface area contributed by atoms with Gasteiger partial charge in [0.2, 0.25) is 0 Å². The fourth-order valence-corrected chi connectivity index (χ4v) is 1.66. The number of urea groups is 1. The summed E-state index contributed by atoms with van der Waals surface area (Å²) in [6.45, 7) is 8.77. The van der Waals surface area contributed by atoms with Gasteiger partial charge in [0.25, 0.3) is 0 Å². The Morgan fingerprint density at radius 3 is 2.26 bits per heavy atom. The van der Waals surface area contributed by atoms with E-state index >= 15 is 0 Å². The summed E-state index contributed by atoms with van der Waals surface area (Å²) in [4.78, 5) is 23.0. The van der Waals surface area contributed by atoms with Gasteiger partial charge in [-0.1, -0.05) is 20.8 Å². The molecular weight excluding hydrogens is 248 g/mol. The molecule has 0 aliphatic heterocycles. The third-order valence-electron chi connectivity index (χ3n) is 2.76. The number of carbonyl (C=O) groups is 2. The molecule has 0 unspecified atom stereocenters. The summed E-state index contributed by atoms with van der Waals surface area (Å²) in [5.41, 5.74) is 1.35. The van der Waals surface area contributed by atoms with Crippen molar-refractivity contribution in [2.75, 3.05) is 5.32 Å². The number of carboxylic acids is 1. The molecule has 0 saturated carbocycles. The lowest BCUT2D eigenvalue weighted by molar-refractivity contribution is -0.141. The molecule has 7 heteroatoms. The lowest BCUT2D eigenvalue weighted by Crippen LogP contribution is -2.50. The van der Waals surface area contributed by atoms with E-state index in [9.17, 15) is 9.59 Å². The standard InChI is InChI=1S/C12H20N4O3/c1-6-8(7(2)16-15-6)13-11(19)14-9(10(17)18)12(3,4)5/h9H,1-5H3,(H,15,16)(H,17,18)(H2,13,14,19)/t9-/m0/s1.